The number of fused-ring (bicyclic) bond motifs is 1. The number of hydrogen-bond donors (Lipinski definition) is 0. The lowest BCUT2D eigenvalue weighted by molar-refractivity contribution is 0.130. The van der Waals surface area contributed by atoms with Gasteiger partial charge in [0, 0.05) is 26.2 Å². The number of halogens is 4. The van der Waals surface area contributed by atoms with Gasteiger partial charge in [-0.25, -0.2) is 4.98 Å². The molecule has 158 valence electrons. The van der Waals surface area contributed by atoms with E-state index in [0.29, 0.717) is 32.3 Å². The maximum Gasteiger partial charge on any atom is 0.143 e. The van der Waals surface area contributed by atoms with Gasteiger partial charge in [0.1, 0.15) is 18.1 Å². The van der Waals surface area contributed by atoms with Crippen LogP contribution in [-0.4, -0.2) is 15.3 Å². The van der Waals surface area contributed by atoms with Crippen LogP contribution in [0, 0.1) is 6.92 Å². The van der Waals surface area contributed by atoms with E-state index in [1.165, 1.54) is 0 Å². The SMILES string of the molecule is Cc1nc2ccccc2n1CC(=NOCc1ccc(Cl)cc1Cl)c1ccc(Cl)cc1Cl. The molecule has 0 atom stereocenters. The van der Waals surface area contributed by atoms with Gasteiger partial charge in [-0.15, -0.1) is 0 Å². The minimum Gasteiger partial charge on any atom is -0.391 e. The van der Waals surface area contributed by atoms with E-state index in [1.807, 2.05) is 43.3 Å². The summed E-state index contributed by atoms with van der Waals surface area (Å²) in [5, 5.41) is 6.53. The largest absolute Gasteiger partial charge is 0.391 e. The van der Waals surface area contributed by atoms with Crippen molar-refractivity contribution in [2.75, 3.05) is 0 Å². The molecular formula is C23H17Cl4N3O. The Morgan fingerprint density at radius 1 is 0.935 bits per heavy atom. The molecule has 0 spiro atoms. The highest BCUT2D eigenvalue weighted by molar-refractivity contribution is 6.37. The first-order valence-electron chi connectivity index (χ1n) is 9.42. The molecule has 1 heterocycles. The van der Waals surface area contributed by atoms with Crippen LogP contribution in [0.25, 0.3) is 11.0 Å². The summed E-state index contributed by atoms with van der Waals surface area (Å²) in [6, 6.07) is 18.5. The lowest BCUT2D eigenvalue weighted by atomic mass is 10.1. The zero-order valence-electron chi connectivity index (χ0n) is 16.4. The van der Waals surface area contributed by atoms with Gasteiger partial charge in [0.15, 0.2) is 0 Å². The van der Waals surface area contributed by atoms with Crippen LogP contribution in [0.3, 0.4) is 0 Å². The number of aryl methyl sites for hydroxylation is 1. The molecule has 8 heteroatoms. The highest BCUT2D eigenvalue weighted by atomic mass is 35.5. The van der Waals surface area contributed by atoms with E-state index >= 15 is 0 Å². The normalized spacial score (nSPS) is 11.8. The number of hydrogen-bond acceptors (Lipinski definition) is 3. The molecule has 0 N–H and O–H groups in total. The van der Waals surface area contributed by atoms with Crippen LogP contribution in [0.5, 0.6) is 0 Å². The van der Waals surface area contributed by atoms with E-state index in [-0.39, 0.29) is 6.61 Å². The van der Waals surface area contributed by atoms with Crippen molar-refractivity contribution in [3.8, 4) is 0 Å². The van der Waals surface area contributed by atoms with Crippen LogP contribution in [0.15, 0.2) is 65.8 Å². The fourth-order valence-corrected chi connectivity index (χ4v) is 4.23. The Hall–Kier alpha value is -2.24. The Labute approximate surface area is 200 Å². The molecule has 4 rings (SSSR count). The van der Waals surface area contributed by atoms with Gasteiger partial charge in [-0.3, -0.25) is 0 Å². The maximum absolute atomic E-state index is 6.48. The van der Waals surface area contributed by atoms with Crippen LogP contribution in [0.1, 0.15) is 17.0 Å². The van der Waals surface area contributed by atoms with Crippen molar-refractivity contribution in [3.05, 3.63) is 97.7 Å². The van der Waals surface area contributed by atoms with Crippen molar-refractivity contribution in [3.63, 3.8) is 0 Å². The zero-order chi connectivity index (χ0) is 22.0. The van der Waals surface area contributed by atoms with Gasteiger partial charge in [0.2, 0.25) is 0 Å². The summed E-state index contributed by atoms with van der Waals surface area (Å²) in [5.74, 6) is 0.861. The van der Waals surface area contributed by atoms with Crippen molar-refractivity contribution in [2.45, 2.75) is 20.1 Å². The lowest BCUT2D eigenvalue weighted by Crippen LogP contribution is -2.14. The lowest BCUT2D eigenvalue weighted by Gasteiger charge is -2.12. The summed E-state index contributed by atoms with van der Waals surface area (Å²) in [4.78, 5) is 10.3. The van der Waals surface area contributed by atoms with Crippen molar-refractivity contribution < 1.29 is 4.84 Å². The number of aromatic nitrogens is 2. The van der Waals surface area contributed by atoms with Gasteiger partial charge < -0.3 is 9.40 Å². The first kappa shape index (κ1) is 22.0. The summed E-state index contributed by atoms with van der Waals surface area (Å²) in [7, 11) is 0. The second-order valence-corrected chi connectivity index (χ2v) is 8.59. The third-order valence-corrected chi connectivity index (χ3v) is 5.94. The number of nitrogens with zero attached hydrogens (tertiary/aromatic N) is 3. The molecule has 0 aliphatic heterocycles. The van der Waals surface area contributed by atoms with E-state index in [4.69, 9.17) is 51.2 Å². The highest BCUT2D eigenvalue weighted by Crippen LogP contribution is 2.25. The highest BCUT2D eigenvalue weighted by Gasteiger charge is 2.15. The van der Waals surface area contributed by atoms with Gasteiger partial charge in [-0.1, -0.05) is 69.8 Å². The summed E-state index contributed by atoms with van der Waals surface area (Å²) < 4.78 is 2.07. The van der Waals surface area contributed by atoms with E-state index in [1.54, 1.807) is 24.3 Å². The molecule has 0 fully saturated rings. The number of para-hydroxylation sites is 2. The molecule has 4 nitrogen and oxygen atoms in total. The van der Waals surface area contributed by atoms with E-state index in [2.05, 4.69) is 14.7 Å². The topological polar surface area (TPSA) is 39.4 Å². The molecule has 1 aromatic heterocycles. The average Bonchev–Trinajstić information content (AvgIpc) is 3.04. The third kappa shape index (κ3) is 4.99. The molecule has 0 saturated heterocycles. The van der Waals surface area contributed by atoms with Crippen molar-refractivity contribution in [2.24, 2.45) is 5.16 Å². The quantitative estimate of drug-likeness (QED) is 0.205. The van der Waals surface area contributed by atoms with Crippen LogP contribution in [0.2, 0.25) is 20.1 Å². The average molecular weight is 493 g/mol. The zero-order valence-corrected chi connectivity index (χ0v) is 19.5. The molecule has 0 unspecified atom stereocenters. The number of rotatable bonds is 6. The second kappa shape index (κ2) is 9.49. The Morgan fingerprint density at radius 3 is 2.39 bits per heavy atom. The van der Waals surface area contributed by atoms with E-state index in [0.717, 1.165) is 28.0 Å². The predicted molar refractivity (Wildman–Crippen MR) is 129 cm³/mol. The smallest absolute Gasteiger partial charge is 0.143 e. The van der Waals surface area contributed by atoms with Crippen molar-refractivity contribution in [1.29, 1.82) is 0 Å². The standard InChI is InChI=1S/C23H17Cl4N3O/c1-14-28-21-4-2-3-5-23(21)30(14)12-22(18-9-8-17(25)11-20(18)27)29-31-13-15-6-7-16(24)10-19(15)26/h2-11H,12-13H2,1H3. The van der Waals surface area contributed by atoms with Crippen molar-refractivity contribution in [1.82, 2.24) is 9.55 Å². The van der Waals surface area contributed by atoms with Gasteiger partial charge in [-0.05, 0) is 49.4 Å². The molecule has 31 heavy (non-hydrogen) atoms. The minimum atomic E-state index is 0.189. The first-order valence-corrected chi connectivity index (χ1v) is 10.9. The van der Waals surface area contributed by atoms with E-state index < -0.39 is 0 Å². The summed E-state index contributed by atoms with van der Waals surface area (Å²) in [5.41, 5.74) is 4.05. The molecular weight excluding hydrogens is 476 g/mol. The van der Waals surface area contributed by atoms with Crippen LogP contribution < -0.4 is 0 Å². The molecule has 0 saturated carbocycles. The van der Waals surface area contributed by atoms with Crippen LogP contribution >= 0.6 is 46.4 Å². The van der Waals surface area contributed by atoms with Crippen LogP contribution in [-0.2, 0) is 18.0 Å². The molecule has 0 bridgehead atoms. The maximum atomic E-state index is 6.48. The Balaban J connectivity index is 1.69. The van der Waals surface area contributed by atoms with Gasteiger partial charge in [0.25, 0.3) is 0 Å². The minimum absolute atomic E-state index is 0.189. The van der Waals surface area contributed by atoms with Gasteiger partial charge in [-0.2, -0.15) is 0 Å². The Bertz CT molecular complexity index is 1280. The number of imidazole rings is 1. The second-order valence-electron chi connectivity index (χ2n) is 6.91. The number of oxime groups is 1. The first-order chi connectivity index (χ1) is 14.9. The molecule has 3 aromatic carbocycles. The van der Waals surface area contributed by atoms with Gasteiger partial charge >= 0.3 is 0 Å². The van der Waals surface area contributed by atoms with Crippen LogP contribution in [0.4, 0.5) is 0 Å². The molecule has 4 aromatic rings. The molecule has 0 aliphatic rings. The Morgan fingerprint density at radius 2 is 1.65 bits per heavy atom. The third-order valence-electron chi connectivity index (χ3n) is 4.81. The summed E-state index contributed by atoms with van der Waals surface area (Å²) in [6.45, 7) is 2.56. The fraction of sp³-hybridized carbons (Fsp3) is 0.130. The summed E-state index contributed by atoms with van der Waals surface area (Å²) in [6.07, 6.45) is 0. The monoisotopic (exact) mass is 491 g/mol. The Kier molecular flexibility index (Phi) is 6.73. The summed E-state index contributed by atoms with van der Waals surface area (Å²) >= 11 is 24.8. The van der Waals surface area contributed by atoms with E-state index in [9.17, 15) is 0 Å². The predicted octanol–water partition coefficient (Wildman–Crippen LogP) is 7.58. The van der Waals surface area contributed by atoms with Crippen molar-refractivity contribution >= 4 is 63.1 Å². The molecule has 0 amide bonds. The number of benzene rings is 3. The molecule has 0 aliphatic carbocycles. The molecule has 0 radical (unpaired) electrons. The fourth-order valence-electron chi connectivity index (χ4n) is 3.25. The van der Waals surface area contributed by atoms with Gasteiger partial charge in [0.05, 0.1) is 22.6 Å².